The number of carbonyl (C=O) groups is 1. The van der Waals surface area contributed by atoms with Crippen molar-refractivity contribution in [3.63, 3.8) is 0 Å². The van der Waals surface area contributed by atoms with Gasteiger partial charge in [-0.15, -0.1) is 16.9 Å². The summed E-state index contributed by atoms with van der Waals surface area (Å²) in [5, 5.41) is 7.39. The second-order valence-electron chi connectivity index (χ2n) is 3.76. The molecule has 0 unspecified atom stereocenters. The molecule has 0 atom stereocenters. The minimum atomic E-state index is -0.877. The molecule has 0 bridgehead atoms. The van der Waals surface area contributed by atoms with Crippen molar-refractivity contribution in [3.05, 3.63) is 41.7 Å². The minimum Gasteiger partial charge on any atom is -0.289 e. The first-order valence-corrected chi connectivity index (χ1v) is 6.57. The van der Waals surface area contributed by atoms with Crippen LogP contribution in [0.25, 0.3) is 0 Å². The van der Waals surface area contributed by atoms with Gasteiger partial charge in [-0.2, -0.15) is 0 Å². The van der Waals surface area contributed by atoms with Crippen molar-refractivity contribution in [1.82, 2.24) is 20.4 Å². The molecule has 0 spiro atoms. The first-order valence-electron chi connectivity index (χ1n) is 5.59. The molecule has 106 valence electrons. The second-order valence-corrected chi connectivity index (χ2v) is 4.93. The van der Waals surface area contributed by atoms with Gasteiger partial charge in [-0.25, -0.2) is 14.6 Å². The Morgan fingerprint density at radius 3 is 2.90 bits per heavy atom. The number of thioether (sulfide) groups is 1. The highest BCUT2D eigenvalue weighted by molar-refractivity contribution is 7.99. The maximum Gasteiger partial charge on any atom is 0.287 e. The number of nitrogen functional groups attached to an aromatic ring is 1. The van der Waals surface area contributed by atoms with E-state index in [0.29, 0.717) is 17.2 Å². The van der Waals surface area contributed by atoms with E-state index in [1.807, 2.05) is 5.43 Å². The van der Waals surface area contributed by atoms with Gasteiger partial charge in [0.05, 0.1) is 12.7 Å². The Hall–Kier alpha value is -2.00. The number of halogens is 2. The topological polar surface area (TPSA) is 85.8 Å². The Kier molecular flexibility index (Phi) is 4.64. The highest BCUT2D eigenvalue weighted by Gasteiger charge is 2.08. The van der Waals surface area contributed by atoms with Crippen molar-refractivity contribution in [2.45, 2.75) is 11.4 Å². The molecule has 1 amide bonds. The molecule has 3 N–H and O–H groups in total. The Bertz CT molecular complexity index is 619. The number of hydrogen-bond donors (Lipinski definition) is 2. The molecular formula is C11H11F2N5OS. The summed E-state index contributed by atoms with van der Waals surface area (Å²) in [6, 6.07) is 3.71. The summed E-state index contributed by atoms with van der Waals surface area (Å²) in [5.74, 6) is 3.26. The van der Waals surface area contributed by atoms with E-state index in [2.05, 4.69) is 10.3 Å². The van der Waals surface area contributed by atoms with Crippen LogP contribution in [0.1, 0.15) is 10.5 Å². The van der Waals surface area contributed by atoms with E-state index < -0.39 is 17.5 Å². The Morgan fingerprint density at radius 1 is 1.40 bits per heavy atom. The summed E-state index contributed by atoms with van der Waals surface area (Å²) in [5.41, 5.74) is 2.07. The summed E-state index contributed by atoms with van der Waals surface area (Å²) >= 11 is 1.34. The van der Waals surface area contributed by atoms with Crippen LogP contribution in [0, 0.1) is 11.6 Å². The first kappa shape index (κ1) is 14.4. The molecule has 1 aromatic carbocycles. The molecule has 2 rings (SSSR count). The Balaban J connectivity index is 1.88. The third kappa shape index (κ3) is 3.52. The van der Waals surface area contributed by atoms with Gasteiger partial charge < -0.3 is 0 Å². The lowest BCUT2D eigenvalue weighted by Gasteiger charge is -2.02. The molecule has 0 saturated carbocycles. The molecule has 1 heterocycles. The fraction of sp³-hybridized carbons (Fsp3) is 0.182. The number of amides is 1. The second kappa shape index (κ2) is 6.44. The van der Waals surface area contributed by atoms with Crippen LogP contribution in [0.2, 0.25) is 0 Å². The van der Waals surface area contributed by atoms with E-state index in [1.54, 1.807) is 0 Å². The molecule has 1 aromatic heterocycles. The summed E-state index contributed by atoms with van der Waals surface area (Å²) in [4.78, 5) is 11.8. The molecule has 0 aliphatic heterocycles. The zero-order valence-electron chi connectivity index (χ0n) is 10.2. The van der Waals surface area contributed by atoms with Gasteiger partial charge in [-0.3, -0.25) is 14.9 Å². The monoisotopic (exact) mass is 299 g/mol. The van der Waals surface area contributed by atoms with E-state index in [4.69, 9.17) is 5.84 Å². The number of rotatable bonds is 5. The van der Waals surface area contributed by atoms with Gasteiger partial charge in [-0.1, -0.05) is 5.21 Å². The predicted molar refractivity (Wildman–Crippen MR) is 68.8 cm³/mol. The summed E-state index contributed by atoms with van der Waals surface area (Å²) in [6.07, 6.45) is 1.45. The molecule has 20 heavy (non-hydrogen) atoms. The zero-order chi connectivity index (χ0) is 14.5. The number of aromatic nitrogens is 3. The van der Waals surface area contributed by atoms with Crippen LogP contribution in [0.5, 0.6) is 0 Å². The van der Waals surface area contributed by atoms with Crippen molar-refractivity contribution in [3.8, 4) is 0 Å². The van der Waals surface area contributed by atoms with Gasteiger partial charge in [0, 0.05) is 10.6 Å². The third-order valence-corrected chi connectivity index (χ3v) is 3.36. The number of nitrogens with zero attached hydrogens (tertiary/aromatic N) is 3. The van der Waals surface area contributed by atoms with Gasteiger partial charge in [0.2, 0.25) is 0 Å². The van der Waals surface area contributed by atoms with Gasteiger partial charge in [0.1, 0.15) is 0 Å². The van der Waals surface area contributed by atoms with Crippen LogP contribution in [0.4, 0.5) is 8.78 Å². The highest BCUT2D eigenvalue weighted by atomic mass is 32.2. The summed E-state index contributed by atoms with van der Waals surface area (Å²) < 4.78 is 27.2. The largest absolute Gasteiger partial charge is 0.289 e. The molecule has 0 fully saturated rings. The van der Waals surface area contributed by atoms with Gasteiger partial charge in [0.15, 0.2) is 17.3 Å². The highest BCUT2D eigenvalue weighted by Crippen LogP contribution is 2.20. The van der Waals surface area contributed by atoms with Crippen molar-refractivity contribution in [2.24, 2.45) is 5.84 Å². The van der Waals surface area contributed by atoms with Crippen LogP contribution in [-0.2, 0) is 6.54 Å². The number of benzene rings is 1. The van der Waals surface area contributed by atoms with Crippen molar-refractivity contribution in [1.29, 1.82) is 0 Å². The average Bonchev–Trinajstić information content (AvgIpc) is 2.91. The minimum absolute atomic E-state index is 0.116. The molecule has 2 aromatic rings. The summed E-state index contributed by atoms with van der Waals surface area (Å²) in [6.45, 7) is 0.467. The lowest BCUT2D eigenvalue weighted by Crippen LogP contribution is -2.30. The molecule has 0 aliphatic carbocycles. The van der Waals surface area contributed by atoms with Gasteiger partial charge in [0.25, 0.3) is 5.91 Å². The van der Waals surface area contributed by atoms with Crippen LogP contribution >= 0.6 is 11.8 Å². The Morgan fingerprint density at radius 2 is 2.20 bits per heavy atom. The molecule has 0 aliphatic rings. The summed E-state index contributed by atoms with van der Waals surface area (Å²) in [7, 11) is 0. The lowest BCUT2D eigenvalue weighted by atomic mass is 10.3. The molecule has 0 saturated heterocycles. The normalized spacial score (nSPS) is 10.6. The van der Waals surface area contributed by atoms with Gasteiger partial charge >= 0.3 is 0 Å². The van der Waals surface area contributed by atoms with E-state index in [-0.39, 0.29) is 5.69 Å². The van der Waals surface area contributed by atoms with E-state index >= 15 is 0 Å². The number of nitrogens with one attached hydrogen (secondary N) is 1. The lowest BCUT2D eigenvalue weighted by molar-refractivity contribution is 0.0948. The van der Waals surface area contributed by atoms with Gasteiger partial charge in [-0.05, 0) is 18.2 Å². The fourth-order valence-electron chi connectivity index (χ4n) is 1.41. The standard InChI is InChI=1S/C11H11F2N5OS/c12-8-2-1-7(5-9(8)13)20-4-3-18-6-10(16-17-18)11(19)15-14/h1-2,5-6H,3-4,14H2,(H,15,19). The van der Waals surface area contributed by atoms with Crippen LogP contribution < -0.4 is 11.3 Å². The van der Waals surface area contributed by atoms with Crippen molar-refractivity contribution < 1.29 is 13.6 Å². The van der Waals surface area contributed by atoms with E-state index in [9.17, 15) is 13.6 Å². The number of nitrogens with two attached hydrogens (primary N) is 1. The SMILES string of the molecule is NNC(=O)c1cn(CCSc2ccc(F)c(F)c2)nn1. The number of hydrogen-bond acceptors (Lipinski definition) is 5. The number of carbonyl (C=O) groups excluding carboxylic acids is 1. The molecule has 9 heteroatoms. The number of aryl methyl sites for hydroxylation is 1. The maximum atomic E-state index is 13.0. The first-order chi connectivity index (χ1) is 9.60. The number of hydrazine groups is 1. The zero-order valence-corrected chi connectivity index (χ0v) is 11.0. The molecular weight excluding hydrogens is 288 g/mol. The van der Waals surface area contributed by atoms with Crippen LogP contribution in [0.3, 0.4) is 0 Å². The molecule has 0 radical (unpaired) electrons. The third-order valence-electron chi connectivity index (χ3n) is 2.38. The van der Waals surface area contributed by atoms with E-state index in [0.717, 1.165) is 12.1 Å². The maximum absolute atomic E-state index is 13.0. The van der Waals surface area contributed by atoms with Crippen molar-refractivity contribution in [2.75, 3.05) is 5.75 Å². The smallest absolute Gasteiger partial charge is 0.287 e. The van der Waals surface area contributed by atoms with Crippen LogP contribution in [-0.4, -0.2) is 26.7 Å². The van der Waals surface area contributed by atoms with Crippen LogP contribution in [0.15, 0.2) is 29.3 Å². The van der Waals surface area contributed by atoms with Crippen molar-refractivity contribution >= 4 is 17.7 Å². The van der Waals surface area contributed by atoms with E-state index in [1.165, 1.54) is 28.7 Å². The molecule has 6 nitrogen and oxygen atoms in total. The fourth-order valence-corrected chi connectivity index (χ4v) is 2.27. The quantitative estimate of drug-likeness (QED) is 0.371. The predicted octanol–water partition coefficient (Wildman–Crippen LogP) is 0.952. The average molecular weight is 299 g/mol. The Labute approximate surface area is 117 Å².